The van der Waals surface area contributed by atoms with E-state index in [4.69, 9.17) is 10.5 Å². The zero-order chi connectivity index (χ0) is 14.0. The molecule has 1 aliphatic rings. The van der Waals surface area contributed by atoms with Crippen LogP contribution in [0.4, 0.5) is 0 Å². The quantitative estimate of drug-likeness (QED) is 0.609. The Hall–Kier alpha value is -0.770. The van der Waals surface area contributed by atoms with Crippen LogP contribution in [-0.4, -0.2) is 25.0 Å². The lowest BCUT2D eigenvalue weighted by Crippen LogP contribution is -2.22. The van der Waals surface area contributed by atoms with Crippen LogP contribution < -0.4 is 5.73 Å². The molecule has 1 aliphatic heterocycles. The standard InChI is InChI=1S/C17H25NOS/c18-16(14-20-17-9-2-1-3-10-17)8-4-6-15-7-5-12-19-13-11-15/h1-3,7,9-10,16H,4-6,8,11-14,18H2. The molecule has 2 N–H and O–H groups in total. The van der Waals surface area contributed by atoms with E-state index in [2.05, 4.69) is 30.3 Å². The summed E-state index contributed by atoms with van der Waals surface area (Å²) in [6.07, 6.45) is 8.03. The van der Waals surface area contributed by atoms with E-state index in [0.717, 1.165) is 38.2 Å². The minimum Gasteiger partial charge on any atom is -0.381 e. The lowest BCUT2D eigenvalue weighted by Gasteiger charge is -2.12. The largest absolute Gasteiger partial charge is 0.381 e. The van der Waals surface area contributed by atoms with Crippen molar-refractivity contribution in [1.29, 1.82) is 0 Å². The first kappa shape index (κ1) is 15.6. The SMILES string of the molecule is NC(CCCC1=CCCOCC1)CSc1ccccc1. The third kappa shape index (κ3) is 6.12. The Labute approximate surface area is 126 Å². The van der Waals surface area contributed by atoms with Gasteiger partial charge in [-0.15, -0.1) is 11.8 Å². The van der Waals surface area contributed by atoms with Gasteiger partial charge in [-0.3, -0.25) is 0 Å². The van der Waals surface area contributed by atoms with Crippen LogP contribution in [0.3, 0.4) is 0 Å². The molecule has 1 unspecified atom stereocenters. The zero-order valence-electron chi connectivity index (χ0n) is 12.1. The van der Waals surface area contributed by atoms with Gasteiger partial charge in [0, 0.05) is 16.7 Å². The summed E-state index contributed by atoms with van der Waals surface area (Å²) in [5, 5.41) is 0. The molecule has 2 rings (SSSR count). The number of nitrogens with two attached hydrogens (primary N) is 1. The molecule has 3 heteroatoms. The molecule has 0 spiro atoms. The van der Waals surface area contributed by atoms with Crippen molar-refractivity contribution in [2.24, 2.45) is 5.73 Å². The Morgan fingerprint density at radius 1 is 1.20 bits per heavy atom. The van der Waals surface area contributed by atoms with Gasteiger partial charge in [0.25, 0.3) is 0 Å². The van der Waals surface area contributed by atoms with E-state index in [0.29, 0.717) is 6.04 Å². The molecule has 20 heavy (non-hydrogen) atoms. The number of benzene rings is 1. The Balaban J connectivity index is 1.60. The Morgan fingerprint density at radius 2 is 2.05 bits per heavy atom. The molecule has 0 radical (unpaired) electrons. The summed E-state index contributed by atoms with van der Waals surface area (Å²) < 4.78 is 5.46. The molecule has 0 amide bonds. The van der Waals surface area contributed by atoms with Crippen molar-refractivity contribution in [3.8, 4) is 0 Å². The molecule has 1 atom stereocenters. The summed E-state index contributed by atoms with van der Waals surface area (Å²) in [6.45, 7) is 1.78. The van der Waals surface area contributed by atoms with Gasteiger partial charge in [0.2, 0.25) is 0 Å². The molecule has 0 saturated heterocycles. The normalized spacial score (nSPS) is 17.4. The van der Waals surface area contributed by atoms with E-state index in [-0.39, 0.29) is 0 Å². The molecule has 0 bridgehead atoms. The van der Waals surface area contributed by atoms with Crippen molar-refractivity contribution in [2.45, 2.75) is 43.0 Å². The average molecular weight is 291 g/mol. The second kappa shape index (κ2) is 9.22. The van der Waals surface area contributed by atoms with Crippen LogP contribution in [0.2, 0.25) is 0 Å². The second-order valence-corrected chi connectivity index (χ2v) is 6.38. The molecule has 0 saturated carbocycles. The van der Waals surface area contributed by atoms with Crippen molar-refractivity contribution in [3.05, 3.63) is 42.0 Å². The van der Waals surface area contributed by atoms with Gasteiger partial charge in [-0.05, 0) is 44.2 Å². The van der Waals surface area contributed by atoms with Gasteiger partial charge in [-0.1, -0.05) is 29.8 Å². The molecule has 0 aliphatic carbocycles. The maximum absolute atomic E-state index is 6.20. The third-order valence-corrected chi connectivity index (χ3v) is 4.74. The maximum atomic E-state index is 6.20. The smallest absolute Gasteiger partial charge is 0.0503 e. The van der Waals surface area contributed by atoms with E-state index in [9.17, 15) is 0 Å². The molecule has 0 aromatic heterocycles. The zero-order valence-corrected chi connectivity index (χ0v) is 12.9. The molecule has 110 valence electrons. The molecule has 1 aromatic carbocycles. The van der Waals surface area contributed by atoms with Crippen LogP contribution in [-0.2, 0) is 4.74 Å². The van der Waals surface area contributed by atoms with Crippen LogP contribution in [0.25, 0.3) is 0 Å². The maximum Gasteiger partial charge on any atom is 0.0503 e. The van der Waals surface area contributed by atoms with Gasteiger partial charge in [0.15, 0.2) is 0 Å². The fraction of sp³-hybridized carbons (Fsp3) is 0.529. The number of rotatable bonds is 7. The first-order valence-corrected chi connectivity index (χ1v) is 8.52. The molecule has 2 nitrogen and oxygen atoms in total. The predicted octanol–water partition coefficient (Wildman–Crippen LogP) is 4.01. The summed E-state index contributed by atoms with van der Waals surface area (Å²) in [4.78, 5) is 1.31. The van der Waals surface area contributed by atoms with Crippen molar-refractivity contribution >= 4 is 11.8 Å². The Kier molecular flexibility index (Phi) is 7.20. The first-order chi connectivity index (χ1) is 9.84. The van der Waals surface area contributed by atoms with Gasteiger partial charge < -0.3 is 10.5 Å². The minimum absolute atomic E-state index is 0.294. The fourth-order valence-corrected chi connectivity index (χ4v) is 3.30. The molecule has 0 fully saturated rings. The lowest BCUT2D eigenvalue weighted by molar-refractivity contribution is 0.146. The highest BCUT2D eigenvalue weighted by Gasteiger charge is 2.06. The van der Waals surface area contributed by atoms with Crippen molar-refractivity contribution in [2.75, 3.05) is 19.0 Å². The number of ether oxygens (including phenoxy) is 1. The highest BCUT2D eigenvalue weighted by atomic mass is 32.2. The predicted molar refractivity (Wildman–Crippen MR) is 87.1 cm³/mol. The van der Waals surface area contributed by atoms with Gasteiger partial charge in [0.1, 0.15) is 0 Å². The summed E-state index contributed by atoms with van der Waals surface area (Å²) in [5.41, 5.74) is 7.76. The monoisotopic (exact) mass is 291 g/mol. The van der Waals surface area contributed by atoms with Gasteiger partial charge in [-0.2, -0.15) is 0 Å². The average Bonchev–Trinajstić information content (AvgIpc) is 2.75. The van der Waals surface area contributed by atoms with Crippen molar-refractivity contribution in [1.82, 2.24) is 0 Å². The molecular formula is C17H25NOS. The third-order valence-electron chi connectivity index (χ3n) is 3.54. The second-order valence-electron chi connectivity index (χ2n) is 5.29. The Morgan fingerprint density at radius 3 is 2.90 bits per heavy atom. The van der Waals surface area contributed by atoms with E-state index < -0.39 is 0 Å². The van der Waals surface area contributed by atoms with Gasteiger partial charge >= 0.3 is 0 Å². The number of hydrogen-bond donors (Lipinski definition) is 1. The van der Waals surface area contributed by atoms with Gasteiger partial charge in [0.05, 0.1) is 13.2 Å². The molecule has 1 aromatic rings. The van der Waals surface area contributed by atoms with Crippen LogP contribution in [0.1, 0.15) is 32.1 Å². The Bertz CT molecular complexity index is 405. The van der Waals surface area contributed by atoms with Crippen LogP contribution in [0.5, 0.6) is 0 Å². The topological polar surface area (TPSA) is 35.2 Å². The highest BCUT2D eigenvalue weighted by molar-refractivity contribution is 7.99. The van der Waals surface area contributed by atoms with E-state index >= 15 is 0 Å². The first-order valence-electron chi connectivity index (χ1n) is 7.53. The van der Waals surface area contributed by atoms with E-state index in [1.807, 2.05) is 17.8 Å². The van der Waals surface area contributed by atoms with Crippen LogP contribution >= 0.6 is 11.8 Å². The number of thioether (sulfide) groups is 1. The van der Waals surface area contributed by atoms with E-state index in [1.165, 1.54) is 17.7 Å². The summed E-state index contributed by atoms with van der Waals surface area (Å²) in [5.74, 6) is 1.01. The highest BCUT2D eigenvalue weighted by Crippen LogP contribution is 2.20. The fourth-order valence-electron chi connectivity index (χ4n) is 2.38. The summed E-state index contributed by atoms with van der Waals surface area (Å²) in [7, 11) is 0. The van der Waals surface area contributed by atoms with Crippen molar-refractivity contribution in [3.63, 3.8) is 0 Å². The number of hydrogen-bond acceptors (Lipinski definition) is 3. The lowest BCUT2D eigenvalue weighted by atomic mass is 10.0. The minimum atomic E-state index is 0.294. The van der Waals surface area contributed by atoms with Crippen LogP contribution in [0.15, 0.2) is 46.9 Å². The van der Waals surface area contributed by atoms with E-state index in [1.54, 1.807) is 5.57 Å². The summed E-state index contributed by atoms with van der Waals surface area (Å²) >= 11 is 1.86. The van der Waals surface area contributed by atoms with Crippen LogP contribution in [0, 0.1) is 0 Å². The van der Waals surface area contributed by atoms with Gasteiger partial charge in [-0.25, -0.2) is 0 Å². The van der Waals surface area contributed by atoms with Crippen molar-refractivity contribution < 1.29 is 4.74 Å². The molecule has 1 heterocycles. The molecular weight excluding hydrogens is 266 g/mol. The summed E-state index contributed by atoms with van der Waals surface area (Å²) in [6, 6.07) is 10.8.